The Bertz CT molecular complexity index is 284. The number of ether oxygens (including phenoxy) is 1. The molecule has 1 heterocycles. The predicted molar refractivity (Wildman–Crippen MR) is 44.3 cm³/mol. The first-order valence-corrected chi connectivity index (χ1v) is 3.97. The normalized spacial score (nSPS) is 9.69. The number of carbonyl (C=O) groups excluding carboxylic acids is 1. The molecule has 1 rings (SSSR count). The molecule has 0 aliphatic carbocycles. The van der Waals surface area contributed by atoms with Crippen LogP contribution in [0.15, 0.2) is 4.63 Å². The lowest BCUT2D eigenvalue weighted by atomic mass is 10.5. The lowest BCUT2D eigenvalue weighted by Gasteiger charge is -2.01. The predicted octanol–water partition coefficient (Wildman–Crippen LogP) is 1.34. The molecule has 1 amide bonds. The highest BCUT2D eigenvalue weighted by molar-refractivity contribution is 5.83. The molecule has 1 aromatic heterocycles. The molecule has 1 aromatic rings. The zero-order valence-electron chi connectivity index (χ0n) is 7.53. The van der Waals surface area contributed by atoms with E-state index in [9.17, 15) is 4.79 Å². The van der Waals surface area contributed by atoms with Gasteiger partial charge >= 0.3 is 6.09 Å². The maximum absolute atomic E-state index is 11.0. The van der Waals surface area contributed by atoms with Crippen LogP contribution in [0.25, 0.3) is 0 Å². The van der Waals surface area contributed by atoms with Gasteiger partial charge in [-0.05, 0) is 18.5 Å². The van der Waals surface area contributed by atoms with E-state index < -0.39 is 6.09 Å². The Morgan fingerprint density at radius 2 is 2.38 bits per heavy atom. The van der Waals surface area contributed by atoms with E-state index >= 15 is 0 Å². The monoisotopic (exact) mass is 185 g/mol. The van der Waals surface area contributed by atoms with Gasteiger partial charge in [-0.1, -0.05) is 12.1 Å². The molecular weight excluding hydrogens is 174 g/mol. The van der Waals surface area contributed by atoms with Crippen LogP contribution in [0.4, 0.5) is 10.6 Å². The van der Waals surface area contributed by atoms with Crippen LogP contribution in [-0.2, 0) is 4.74 Å². The minimum atomic E-state index is -0.541. The fourth-order valence-electron chi connectivity index (χ4n) is 0.673. The highest BCUT2D eigenvalue weighted by Gasteiger charge is 2.09. The second kappa shape index (κ2) is 4.44. The maximum Gasteiger partial charge on any atom is 0.412 e. The van der Waals surface area contributed by atoms with Gasteiger partial charge in [-0.15, -0.1) is 0 Å². The summed E-state index contributed by atoms with van der Waals surface area (Å²) in [5.41, 5.74) is 0.522. The van der Waals surface area contributed by atoms with Crippen LogP contribution in [0.1, 0.15) is 19.0 Å². The number of nitrogens with one attached hydrogen (secondary N) is 1. The maximum atomic E-state index is 11.0. The van der Waals surface area contributed by atoms with Gasteiger partial charge in [0.2, 0.25) is 5.82 Å². The van der Waals surface area contributed by atoms with E-state index in [1.165, 1.54) is 0 Å². The van der Waals surface area contributed by atoms with E-state index in [1.54, 1.807) is 6.92 Å². The Morgan fingerprint density at radius 3 is 2.92 bits per heavy atom. The number of rotatable bonds is 3. The number of aryl methyl sites for hydroxylation is 1. The molecule has 1 N–H and O–H groups in total. The van der Waals surface area contributed by atoms with Crippen molar-refractivity contribution < 1.29 is 14.2 Å². The van der Waals surface area contributed by atoms with Crippen molar-refractivity contribution in [2.75, 3.05) is 11.9 Å². The van der Waals surface area contributed by atoms with E-state index in [0.717, 1.165) is 6.42 Å². The Kier molecular flexibility index (Phi) is 3.24. The standard InChI is InChI=1S/C7H11N3O3/c1-3-4-12-7(11)8-6-5(2)9-13-10-6/h3-4H2,1-2H3,(H,8,10,11). The van der Waals surface area contributed by atoms with Crippen molar-refractivity contribution >= 4 is 11.9 Å². The Hall–Kier alpha value is -1.59. The van der Waals surface area contributed by atoms with Gasteiger partial charge < -0.3 is 4.74 Å². The van der Waals surface area contributed by atoms with Gasteiger partial charge in [0.15, 0.2) is 0 Å². The van der Waals surface area contributed by atoms with Gasteiger partial charge in [0, 0.05) is 0 Å². The van der Waals surface area contributed by atoms with Crippen LogP contribution >= 0.6 is 0 Å². The highest BCUT2D eigenvalue weighted by Crippen LogP contribution is 2.06. The number of hydrogen-bond acceptors (Lipinski definition) is 5. The lowest BCUT2D eigenvalue weighted by molar-refractivity contribution is 0.161. The van der Waals surface area contributed by atoms with Gasteiger partial charge in [-0.3, -0.25) is 5.32 Å². The third-order valence-electron chi connectivity index (χ3n) is 1.31. The number of nitrogens with zero attached hydrogens (tertiary/aromatic N) is 2. The molecule has 0 spiro atoms. The molecule has 0 aliphatic heterocycles. The minimum absolute atomic E-state index is 0.293. The van der Waals surface area contributed by atoms with E-state index in [0.29, 0.717) is 18.1 Å². The second-order valence-electron chi connectivity index (χ2n) is 2.46. The fourth-order valence-corrected chi connectivity index (χ4v) is 0.673. The van der Waals surface area contributed by atoms with Crippen molar-refractivity contribution in [3.8, 4) is 0 Å². The van der Waals surface area contributed by atoms with E-state index in [-0.39, 0.29) is 0 Å². The first-order valence-electron chi connectivity index (χ1n) is 3.97. The summed E-state index contributed by atoms with van der Waals surface area (Å²) in [7, 11) is 0. The van der Waals surface area contributed by atoms with Gasteiger partial charge in [0.1, 0.15) is 5.69 Å². The number of carbonyl (C=O) groups is 1. The number of anilines is 1. The van der Waals surface area contributed by atoms with Crippen molar-refractivity contribution in [3.05, 3.63) is 5.69 Å². The van der Waals surface area contributed by atoms with Crippen LogP contribution in [0.5, 0.6) is 0 Å². The third-order valence-corrected chi connectivity index (χ3v) is 1.31. The molecule has 13 heavy (non-hydrogen) atoms. The molecule has 72 valence electrons. The quantitative estimate of drug-likeness (QED) is 0.768. The molecular formula is C7H11N3O3. The van der Waals surface area contributed by atoms with Crippen molar-refractivity contribution in [1.29, 1.82) is 0 Å². The molecule has 6 nitrogen and oxygen atoms in total. The number of aromatic nitrogens is 2. The van der Waals surface area contributed by atoms with Gasteiger partial charge in [0.25, 0.3) is 0 Å². The topological polar surface area (TPSA) is 77.2 Å². The summed E-state index contributed by atoms with van der Waals surface area (Å²) in [6.07, 6.45) is 0.240. The van der Waals surface area contributed by atoms with Crippen molar-refractivity contribution in [2.24, 2.45) is 0 Å². The first-order chi connectivity index (χ1) is 6.24. The number of hydrogen-bond donors (Lipinski definition) is 1. The summed E-state index contributed by atoms with van der Waals surface area (Å²) in [4.78, 5) is 11.0. The summed E-state index contributed by atoms with van der Waals surface area (Å²) in [6.45, 7) is 3.97. The fraction of sp³-hybridized carbons (Fsp3) is 0.571. The third kappa shape index (κ3) is 2.73. The van der Waals surface area contributed by atoms with Gasteiger partial charge in [-0.25, -0.2) is 9.42 Å². The highest BCUT2D eigenvalue weighted by atomic mass is 16.6. The van der Waals surface area contributed by atoms with Gasteiger partial charge in [0.05, 0.1) is 6.61 Å². The van der Waals surface area contributed by atoms with Crippen LogP contribution in [0.2, 0.25) is 0 Å². The molecule has 0 aromatic carbocycles. The Balaban J connectivity index is 2.41. The lowest BCUT2D eigenvalue weighted by Crippen LogP contribution is -2.14. The summed E-state index contributed by atoms with van der Waals surface area (Å²) in [6, 6.07) is 0. The average Bonchev–Trinajstić information content (AvgIpc) is 2.48. The molecule has 0 unspecified atom stereocenters. The molecule has 0 aliphatic rings. The molecule has 0 bridgehead atoms. The molecule has 0 fully saturated rings. The summed E-state index contributed by atoms with van der Waals surface area (Å²) in [5.74, 6) is 0.293. The summed E-state index contributed by atoms with van der Waals surface area (Å²) >= 11 is 0. The second-order valence-corrected chi connectivity index (χ2v) is 2.46. The Labute approximate surface area is 75.2 Å². The van der Waals surface area contributed by atoms with Crippen LogP contribution < -0.4 is 5.32 Å². The zero-order chi connectivity index (χ0) is 9.68. The van der Waals surface area contributed by atoms with Gasteiger partial charge in [-0.2, -0.15) is 0 Å². The molecule has 0 radical (unpaired) electrons. The molecule has 0 saturated carbocycles. The Morgan fingerprint density at radius 1 is 1.62 bits per heavy atom. The average molecular weight is 185 g/mol. The summed E-state index contributed by atoms with van der Waals surface area (Å²) < 4.78 is 9.14. The first kappa shape index (κ1) is 9.50. The number of amides is 1. The minimum Gasteiger partial charge on any atom is -0.449 e. The van der Waals surface area contributed by atoms with E-state index in [2.05, 4.69) is 20.3 Å². The zero-order valence-corrected chi connectivity index (χ0v) is 7.53. The van der Waals surface area contributed by atoms with E-state index in [4.69, 9.17) is 4.74 Å². The van der Waals surface area contributed by atoms with Crippen molar-refractivity contribution in [2.45, 2.75) is 20.3 Å². The van der Waals surface area contributed by atoms with Crippen LogP contribution in [0, 0.1) is 6.92 Å². The largest absolute Gasteiger partial charge is 0.449 e. The van der Waals surface area contributed by atoms with Crippen LogP contribution in [-0.4, -0.2) is 23.0 Å². The SMILES string of the molecule is CCCOC(=O)Nc1nonc1C. The molecule has 6 heteroatoms. The molecule has 0 atom stereocenters. The molecule has 0 saturated heterocycles. The van der Waals surface area contributed by atoms with Crippen LogP contribution in [0.3, 0.4) is 0 Å². The van der Waals surface area contributed by atoms with Crippen molar-refractivity contribution in [3.63, 3.8) is 0 Å². The van der Waals surface area contributed by atoms with Crippen molar-refractivity contribution in [1.82, 2.24) is 10.3 Å². The summed E-state index contributed by atoms with van der Waals surface area (Å²) in [5, 5.41) is 9.36. The van der Waals surface area contributed by atoms with E-state index in [1.807, 2.05) is 6.92 Å². The smallest absolute Gasteiger partial charge is 0.412 e.